The fourth-order valence-corrected chi connectivity index (χ4v) is 1.79. The molecule has 1 aromatic carbocycles. The number of nitrogens with two attached hydrogens (primary N) is 1. The molecule has 0 bridgehead atoms. The first-order valence-electron chi connectivity index (χ1n) is 5.77. The van der Waals surface area contributed by atoms with Gasteiger partial charge >= 0.3 is 5.69 Å². The molecule has 2 aromatic heterocycles. The molecule has 7 nitrogen and oxygen atoms in total. The van der Waals surface area contributed by atoms with Crippen molar-refractivity contribution in [3.8, 4) is 0 Å². The SMILES string of the molecule is NCc1cccc(Nc2ccc3n[nH]c(=O)n3n2)c1. The third-order valence-corrected chi connectivity index (χ3v) is 2.71. The van der Waals surface area contributed by atoms with Crippen LogP contribution in [0.25, 0.3) is 5.65 Å². The number of nitrogens with one attached hydrogen (secondary N) is 2. The fraction of sp³-hybridized carbons (Fsp3) is 0.0833. The standard InChI is InChI=1S/C12H12N6O/c13-7-8-2-1-3-9(6-8)14-10-4-5-11-15-16-12(19)18(11)17-10/h1-6H,7,13H2,(H,14,17)(H,16,19). The zero-order valence-corrected chi connectivity index (χ0v) is 10.00. The summed E-state index contributed by atoms with van der Waals surface area (Å²) < 4.78 is 1.20. The first-order valence-corrected chi connectivity index (χ1v) is 5.77. The van der Waals surface area contributed by atoms with Crippen molar-refractivity contribution in [3.63, 3.8) is 0 Å². The molecule has 0 amide bonds. The predicted octanol–water partition coefficient (Wildman–Crippen LogP) is 0.620. The second kappa shape index (κ2) is 4.54. The normalized spacial score (nSPS) is 10.8. The summed E-state index contributed by atoms with van der Waals surface area (Å²) in [5.74, 6) is 0.560. The van der Waals surface area contributed by atoms with E-state index in [1.54, 1.807) is 12.1 Å². The number of fused-ring (bicyclic) bond motifs is 1. The van der Waals surface area contributed by atoms with Crippen molar-refractivity contribution in [1.82, 2.24) is 19.8 Å². The van der Waals surface area contributed by atoms with Crippen molar-refractivity contribution in [2.75, 3.05) is 5.32 Å². The van der Waals surface area contributed by atoms with E-state index in [-0.39, 0.29) is 5.69 Å². The Bertz CT molecular complexity index is 775. The Balaban J connectivity index is 1.95. The van der Waals surface area contributed by atoms with Crippen LogP contribution in [0.15, 0.2) is 41.2 Å². The molecule has 7 heteroatoms. The highest BCUT2D eigenvalue weighted by Gasteiger charge is 2.03. The minimum Gasteiger partial charge on any atom is -0.339 e. The minimum absolute atomic E-state index is 0.366. The topological polar surface area (TPSA) is 101 Å². The Morgan fingerprint density at radius 2 is 2.21 bits per heavy atom. The molecule has 0 spiro atoms. The van der Waals surface area contributed by atoms with Gasteiger partial charge in [0.2, 0.25) is 0 Å². The average Bonchev–Trinajstić information content (AvgIpc) is 2.80. The van der Waals surface area contributed by atoms with Crippen LogP contribution in [-0.4, -0.2) is 19.8 Å². The van der Waals surface area contributed by atoms with Crippen LogP contribution in [0.1, 0.15) is 5.56 Å². The highest BCUT2D eigenvalue weighted by atomic mass is 16.2. The molecule has 0 atom stereocenters. The Morgan fingerprint density at radius 1 is 1.32 bits per heavy atom. The van der Waals surface area contributed by atoms with Gasteiger partial charge < -0.3 is 11.1 Å². The first kappa shape index (κ1) is 11.4. The Kier molecular flexibility index (Phi) is 2.73. The van der Waals surface area contributed by atoms with Crippen molar-refractivity contribution in [1.29, 1.82) is 0 Å². The van der Waals surface area contributed by atoms with Gasteiger partial charge in [0, 0.05) is 12.2 Å². The van der Waals surface area contributed by atoms with E-state index in [0.717, 1.165) is 11.3 Å². The number of hydrogen-bond donors (Lipinski definition) is 3. The Morgan fingerprint density at radius 3 is 3.05 bits per heavy atom. The number of rotatable bonds is 3. The highest BCUT2D eigenvalue weighted by Crippen LogP contribution is 2.15. The number of hydrogen-bond acceptors (Lipinski definition) is 5. The van der Waals surface area contributed by atoms with E-state index in [0.29, 0.717) is 18.0 Å². The molecule has 0 radical (unpaired) electrons. The Hall–Kier alpha value is -2.67. The van der Waals surface area contributed by atoms with E-state index in [4.69, 9.17) is 5.73 Å². The molecule has 0 saturated heterocycles. The van der Waals surface area contributed by atoms with Gasteiger partial charge in [-0.05, 0) is 29.8 Å². The van der Waals surface area contributed by atoms with E-state index in [2.05, 4.69) is 20.6 Å². The molecule has 3 aromatic rings. The summed E-state index contributed by atoms with van der Waals surface area (Å²) in [4.78, 5) is 11.4. The maximum absolute atomic E-state index is 11.4. The maximum atomic E-state index is 11.4. The summed E-state index contributed by atoms with van der Waals surface area (Å²) in [7, 11) is 0. The number of H-pyrrole nitrogens is 1. The number of benzene rings is 1. The van der Waals surface area contributed by atoms with Crippen LogP contribution in [-0.2, 0) is 6.54 Å². The van der Waals surface area contributed by atoms with Crippen LogP contribution in [0.2, 0.25) is 0 Å². The summed E-state index contributed by atoms with van der Waals surface area (Å²) in [6, 6.07) is 11.2. The van der Waals surface area contributed by atoms with E-state index in [1.165, 1.54) is 4.52 Å². The molecule has 0 aliphatic heterocycles. The molecular formula is C12H12N6O. The average molecular weight is 256 g/mol. The molecule has 2 heterocycles. The zero-order valence-electron chi connectivity index (χ0n) is 10.00. The van der Waals surface area contributed by atoms with Gasteiger partial charge in [0.15, 0.2) is 11.5 Å². The van der Waals surface area contributed by atoms with Gasteiger partial charge in [-0.3, -0.25) is 0 Å². The van der Waals surface area contributed by atoms with Crippen LogP contribution in [0, 0.1) is 0 Å². The van der Waals surface area contributed by atoms with Crippen molar-refractivity contribution in [2.24, 2.45) is 5.73 Å². The van der Waals surface area contributed by atoms with Gasteiger partial charge in [-0.15, -0.1) is 5.10 Å². The quantitative estimate of drug-likeness (QED) is 0.637. The van der Waals surface area contributed by atoms with Gasteiger partial charge in [-0.2, -0.15) is 9.61 Å². The van der Waals surface area contributed by atoms with Crippen LogP contribution >= 0.6 is 0 Å². The van der Waals surface area contributed by atoms with Gasteiger partial charge in [0.25, 0.3) is 0 Å². The van der Waals surface area contributed by atoms with E-state index >= 15 is 0 Å². The van der Waals surface area contributed by atoms with E-state index < -0.39 is 0 Å². The molecule has 0 unspecified atom stereocenters. The molecule has 3 rings (SSSR count). The minimum atomic E-state index is -0.366. The lowest BCUT2D eigenvalue weighted by molar-refractivity contribution is 0.884. The third kappa shape index (κ3) is 2.18. The van der Waals surface area contributed by atoms with Crippen molar-refractivity contribution < 1.29 is 0 Å². The van der Waals surface area contributed by atoms with Crippen molar-refractivity contribution in [2.45, 2.75) is 6.54 Å². The molecule has 96 valence electrons. The summed E-state index contributed by atoms with van der Waals surface area (Å²) >= 11 is 0. The number of aromatic amines is 1. The number of anilines is 2. The predicted molar refractivity (Wildman–Crippen MR) is 71.2 cm³/mol. The molecule has 4 N–H and O–H groups in total. The highest BCUT2D eigenvalue weighted by molar-refractivity contribution is 5.57. The zero-order chi connectivity index (χ0) is 13.2. The summed E-state index contributed by atoms with van der Waals surface area (Å²) in [6.07, 6.45) is 0. The lowest BCUT2D eigenvalue weighted by Crippen LogP contribution is -2.13. The summed E-state index contributed by atoms with van der Waals surface area (Å²) in [5, 5.41) is 13.4. The van der Waals surface area contributed by atoms with Gasteiger partial charge in [-0.25, -0.2) is 9.89 Å². The largest absolute Gasteiger partial charge is 0.364 e. The van der Waals surface area contributed by atoms with Crippen molar-refractivity contribution >= 4 is 17.2 Å². The lowest BCUT2D eigenvalue weighted by Gasteiger charge is -2.06. The van der Waals surface area contributed by atoms with Crippen LogP contribution in [0.4, 0.5) is 11.5 Å². The van der Waals surface area contributed by atoms with Gasteiger partial charge in [0.1, 0.15) is 0 Å². The Labute approximate surface area is 108 Å². The second-order valence-corrected chi connectivity index (χ2v) is 4.05. The third-order valence-electron chi connectivity index (χ3n) is 2.71. The molecule has 19 heavy (non-hydrogen) atoms. The fourth-order valence-electron chi connectivity index (χ4n) is 1.79. The number of nitrogens with zero attached hydrogens (tertiary/aromatic N) is 3. The lowest BCUT2D eigenvalue weighted by atomic mass is 10.2. The smallest absolute Gasteiger partial charge is 0.339 e. The van der Waals surface area contributed by atoms with Crippen LogP contribution in [0.5, 0.6) is 0 Å². The van der Waals surface area contributed by atoms with Crippen LogP contribution in [0.3, 0.4) is 0 Å². The molecular weight excluding hydrogens is 244 g/mol. The van der Waals surface area contributed by atoms with Crippen molar-refractivity contribution in [3.05, 3.63) is 52.4 Å². The second-order valence-electron chi connectivity index (χ2n) is 4.05. The maximum Gasteiger partial charge on any atom is 0.364 e. The van der Waals surface area contributed by atoms with Crippen LogP contribution < -0.4 is 16.7 Å². The molecule has 0 aliphatic carbocycles. The van der Waals surface area contributed by atoms with E-state index in [1.807, 2.05) is 24.3 Å². The number of aromatic nitrogens is 4. The molecule has 0 fully saturated rings. The van der Waals surface area contributed by atoms with E-state index in [9.17, 15) is 4.79 Å². The van der Waals surface area contributed by atoms with Gasteiger partial charge in [0.05, 0.1) is 0 Å². The first-order chi connectivity index (χ1) is 9.26. The summed E-state index contributed by atoms with van der Waals surface area (Å²) in [5.41, 5.74) is 7.59. The monoisotopic (exact) mass is 256 g/mol. The van der Waals surface area contributed by atoms with Gasteiger partial charge in [-0.1, -0.05) is 12.1 Å². The molecule has 0 aliphatic rings. The summed E-state index contributed by atoms with van der Waals surface area (Å²) in [6.45, 7) is 0.475. The molecule has 0 saturated carbocycles.